The van der Waals surface area contributed by atoms with Gasteiger partial charge in [0.15, 0.2) is 0 Å². The van der Waals surface area contributed by atoms with Crippen molar-refractivity contribution >= 4 is 0 Å². The molecule has 1 aliphatic rings. The largest absolute Gasteiger partial charge is 0.310 e. The molecule has 2 atom stereocenters. The van der Waals surface area contributed by atoms with E-state index in [1.807, 2.05) is 0 Å². The fraction of sp³-hybridized carbons (Fsp3) is 1.00. The normalized spacial score (nSPS) is 37.5. The molecule has 1 fully saturated rings. The van der Waals surface area contributed by atoms with Gasteiger partial charge in [-0.25, -0.2) is 0 Å². The maximum absolute atomic E-state index is 3.53. The Balaban J connectivity index is 2.38. The Kier molecular flexibility index (Phi) is 2.69. The SMILES string of the molecule is CC1CCN(C)C[C@@H](C)N1. The highest BCUT2D eigenvalue weighted by atomic mass is 15.1. The predicted octanol–water partition coefficient (Wildman–Crippen LogP) is 0.689. The van der Waals surface area contributed by atoms with Crippen molar-refractivity contribution in [1.29, 1.82) is 0 Å². The molecule has 2 nitrogen and oxygen atoms in total. The van der Waals surface area contributed by atoms with Crippen molar-refractivity contribution in [3.8, 4) is 0 Å². The Morgan fingerprint density at radius 1 is 1.30 bits per heavy atom. The fourth-order valence-electron chi connectivity index (χ4n) is 1.59. The molecule has 1 saturated heterocycles. The van der Waals surface area contributed by atoms with Crippen LogP contribution in [-0.4, -0.2) is 37.1 Å². The summed E-state index contributed by atoms with van der Waals surface area (Å²) in [5, 5.41) is 3.53. The maximum atomic E-state index is 3.53. The minimum absolute atomic E-state index is 0.655. The molecular formula is C8H18N2. The van der Waals surface area contributed by atoms with Gasteiger partial charge in [0.1, 0.15) is 0 Å². The second-order valence-electron chi connectivity index (χ2n) is 3.52. The van der Waals surface area contributed by atoms with Crippen molar-refractivity contribution in [1.82, 2.24) is 10.2 Å². The summed E-state index contributed by atoms with van der Waals surface area (Å²) >= 11 is 0. The number of rotatable bonds is 0. The molecule has 0 amide bonds. The first kappa shape index (κ1) is 8.02. The lowest BCUT2D eigenvalue weighted by atomic mass is 10.2. The summed E-state index contributed by atoms with van der Waals surface area (Å²) in [6, 6.07) is 1.35. The van der Waals surface area contributed by atoms with Crippen LogP contribution in [0.3, 0.4) is 0 Å². The van der Waals surface area contributed by atoms with E-state index in [9.17, 15) is 0 Å². The zero-order valence-electron chi connectivity index (χ0n) is 7.22. The lowest BCUT2D eigenvalue weighted by molar-refractivity contribution is 0.332. The maximum Gasteiger partial charge on any atom is 0.0169 e. The average molecular weight is 142 g/mol. The summed E-state index contributed by atoms with van der Waals surface area (Å²) in [5.74, 6) is 0. The Morgan fingerprint density at radius 3 is 2.70 bits per heavy atom. The number of likely N-dealkylation sites (N-methyl/N-ethyl adjacent to an activating group) is 1. The first-order valence-corrected chi connectivity index (χ1v) is 4.13. The Bertz CT molecular complexity index is 91.4. The first-order chi connectivity index (χ1) is 4.68. The summed E-state index contributed by atoms with van der Waals surface area (Å²) in [6.45, 7) is 6.93. The summed E-state index contributed by atoms with van der Waals surface area (Å²) < 4.78 is 0. The van der Waals surface area contributed by atoms with Crippen molar-refractivity contribution in [2.75, 3.05) is 20.1 Å². The van der Waals surface area contributed by atoms with E-state index in [1.165, 1.54) is 19.5 Å². The van der Waals surface area contributed by atoms with E-state index < -0.39 is 0 Å². The number of nitrogens with one attached hydrogen (secondary N) is 1. The number of hydrogen-bond acceptors (Lipinski definition) is 2. The van der Waals surface area contributed by atoms with Crippen LogP contribution in [0.2, 0.25) is 0 Å². The zero-order valence-corrected chi connectivity index (χ0v) is 7.22. The van der Waals surface area contributed by atoms with Crippen molar-refractivity contribution in [2.24, 2.45) is 0 Å². The number of nitrogens with zero attached hydrogens (tertiary/aromatic N) is 1. The first-order valence-electron chi connectivity index (χ1n) is 4.13. The Morgan fingerprint density at radius 2 is 2.00 bits per heavy atom. The van der Waals surface area contributed by atoms with Gasteiger partial charge < -0.3 is 10.2 Å². The third-order valence-corrected chi connectivity index (χ3v) is 2.10. The van der Waals surface area contributed by atoms with Gasteiger partial charge in [-0.15, -0.1) is 0 Å². The topological polar surface area (TPSA) is 15.3 Å². The highest BCUT2D eigenvalue weighted by Gasteiger charge is 2.14. The van der Waals surface area contributed by atoms with Gasteiger partial charge in [0, 0.05) is 18.6 Å². The van der Waals surface area contributed by atoms with Gasteiger partial charge >= 0.3 is 0 Å². The summed E-state index contributed by atoms with van der Waals surface area (Å²) in [5.41, 5.74) is 0. The van der Waals surface area contributed by atoms with E-state index >= 15 is 0 Å². The van der Waals surface area contributed by atoms with Gasteiger partial charge in [-0.05, 0) is 33.9 Å². The molecule has 2 heteroatoms. The highest BCUT2D eigenvalue weighted by molar-refractivity contribution is 4.75. The molecule has 0 saturated carbocycles. The van der Waals surface area contributed by atoms with Crippen molar-refractivity contribution in [3.63, 3.8) is 0 Å². The number of hydrogen-bond donors (Lipinski definition) is 1. The Hall–Kier alpha value is -0.0800. The minimum Gasteiger partial charge on any atom is -0.310 e. The van der Waals surface area contributed by atoms with E-state index in [0.29, 0.717) is 12.1 Å². The molecule has 1 aliphatic heterocycles. The summed E-state index contributed by atoms with van der Waals surface area (Å²) in [4.78, 5) is 2.39. The van der Waals surface area contributed by atoms with Crippen LogP contribution in [-0.2, 0) is 0 Å². The van der Waals surface area contributed by atoms with Gasteiger partial charge in [-0.1, -0.05) is 0 Å². The highest BCUT2D eigenvalue weighted by Crippen LogP contribution is 2.02. The minimum atomic E-state index is 0.655. The van der Waals surface area contributed by atoms with E-state index in [2.05, 4.69) is 31.1 Å². The molecule has 60 valence electrons. The average Bonchev–Trinajstić information content (AvgIpc) is 1.93. The van der Waals surface area contributed by atoms with Gasteiger partial charge in [0.05, 0.1) is 0 Å². The van der Waals surface area contributed by atoms with Crippen LogP contribution in [0.5, 0.6) is 0 Å². The molecule has 0 aromatic carbocycles. The van der Waals surface area contributed by atoms with E-state index in [1.54, 1.807) is 0 Å². The van der Waals surface area contributed by atoms with Gasteiger partial charge in [0.2, 0.25) is 0 Å². The Labute approximate surface area is 63.6 Å². The quantitative estimate of drug-likeness (QED) is 0.535. The molecule has 1 unspecified atom stereocenters. The van der Waals surface area contributed by atoms with Crippen LogP contribution in [0.25, 0.3) is 0 Å². The fourth-order valence-corrected chi connectivity index (χ4v) is 1.59. The van der Waals surface area contributed by atoms with E-state index in [-0.39, 0.29) is 0 Å². The molecule has 1 heterocycles. The van der Waals surface area contributed by atoms with Crippen LogP contribution in [0, 0.1) is 0 Å². The van der Waals surface area contributed by atoms with Crippen LogP contribution >= 0.6 is 0 Å². The van der Waals surface area contributed by atoms with Crippen LogP contribution in [0.4, 0.5) is 0 Å². The molecule has 0 aliphatic carbocycles. The summed E-state index contributed by atoms with van der Waals surface area (Å²) in [6.07, 6.45) is 1.28. The summed E-state index contributed by atoms with van der Waals surface area (Å²) in [7, 11) is 2.19. The molecule has 1 rings (SSSR count). The van der Waals surface area contributed by atoms with Gasteiger partial charge in [-0.2, -0.15) is 0 Å². The van der Waals surface area contributed by atoms with Gasteiger partial charge in [-0.3, -0.25) is 0 Å². The third kappa shape index (κ3) is 2.27. The van der Waals surface area contributed by atoms with E-state index in [4.69, 9.17) is 0 Å². The second-order valence-corrected chi connectivity index (χ2v) is 3.52. The molecule has 0 spiro atoms. The smallest absolute Gasteiger partial charge is 0.0169 e. The molecule has 0 aromatic heterocycles. The van der Waals surface area contributed by atoms with Crippen LogP contribution < -0.4 is 5.32 Å². The molecule has 0 aromatic rings. The third-order valence-electron chi connectivity index (χ3n) is 2.10. The monoisotopic (exact) mass is 142 g/mol. The van der Waals surface area contributed by atoms with Crippen molar-refractivity contribution < 1.29 is 0 Å². The zero-order chi connectivity index (χ0) is 7.56. The van der Waals surface area contributed by atoms with Crippen molar-refractivity contribution in [3.05, 3.63) is 0 Å². The lowest BCUT2D eigenvalue weighted by Gasteiger charge is -2.16. The van der Waals surface area contributed by atoms with Crippen LogP contribution in [0.15, 0.2) is 0 Å². The van der Waals surface area contributed by atoms with Gasteiger partial charge in [0.25, 0.3) is 0 Å². The predicted molar refractivity (Wildman–Crippen MR) is 44.2 cm³/mol. The second kappa shape index (κ2) is 3.35. The molecule has 0 radical (unpaired) electrons. The molecular weight excluding hydrogens is 124 g/mol. The van der Waals surface area contributed by atoms with E-state index in [0.717, 1.165) is 0 Å². The lowest BCUT2D eigenvalue weighted by Crippen LogP contribution is -2.36. The van der Waals surface area contributed by atoms with Crippen molar-refractivity contribution in [2.45, 2.75) is 32.4 Å². The van der Waals surface area contributed by atoms with Crippen LogP contribution in [0.1, 0.15) is 20.3 Å². The standard InChI is InChI=1S/C8H18N2/c1-7-4-5-10(3)6-8(2)9-7/h7-9H,4-6H2,1-3H3/t7?,8-/m1/s1. The molecule has 1 N–H and O–H groups in total. The molecule has 10 heavy (non-hydrogen) atoms. The molecule has 0 bridgehead atoms.